The second-order valence-electron chi connectivity index (χ2n) is 7.82. The molecule has 0 amide bonds. The summed E-state index contributed by atoms with van der Waals surface area (Å²) in [7, 11) is 2.10. The van der Waals surface area contributed by atoms with E-state index in [0.717, 1.165) is 16.9 Å². The van der Waals surface area contributed by atoms with E-state index >= 15 is 0 Å². The van der Waals surface area contributed by atoms with Crippen LogP contribution in [0.5, 0.6) is 0 Å². The number of fused-ring (bicyclic) bond motifs is 2. The van der Waals surface area contributed by atoms with Crippen molar-refractivity contribution in [2.75, 3.05) is 0 Å². The van der Waals surface area contributed by atoms with E-state index in [4.69, 9.17) is 4.98 Å². The molecule has 0 saturated heterocycles. The SMILES string of the molecule is Cc1ccc(-c2sc(-c3ccc(-c4nc5ccccc5n4C)s3)c3ccccc23)cc1. The van der Waals surface area contributed by atoms with E-state index in [0.29, 0.717) is 0 Å². The summed E-state index contributed by atoms with van der Waals surface area (Å²) in [6.45, 7) is 2.13. The molecule has 0 fully saturated rings. The van der Waals surface area contributed by atoms with Crippen LogP contribution in [-0.2, 0) is 7.05 Å². The highest BCUT2D eigenvalue weighted by Crippen LogP contribution is 2.47. The standard InChI is InChI=1S/C27H20N2S2/c1-17-11-13-18(14-12-17)25-19-7-3-4-8-20(19)26(31-25)23-15-16-24(30-23)27-28-21-9-5-6-10-22(21)29(27)2/h3-16H,1-2H3. The molecule has 0 unspecified atom stereocenters. The van der Waals surface area contributed by atoms with Crippen LogP contribution >= 0.6 is 22.7 Å². The van der Waals surface area contributed by atoms with Gasteiger partial charge in [-0.1, -0.05) is 66.2 Å². The molecule has 0 aliphatic heterocycles. The van der Waals surface area contributed by atoms with Gasteiger partial charge < -0.3 is 4.57 Å². The highest BCUT2D eigenvalue weighted by molar-refractivity contribution is 7.26. The number of hydrogen-bond donors (Lipinski definition) is 0. The van der Waals surface area contributed by atoms with Crippen molar-refractivity contribution in [1.29, 1.82) is 0 Å². The molecule has 0 bridgehead atoms. The summed E-state index contributed by atoms with van der Waals surface area (Å²) in [5, 5.41) is 2.64. The van der Waals surface area contributed by atoms with E-state index in [2.05, 4.69) is 97.4 Å². The van der Waals surface area contributed by atoms with Crippen LogP contribution in [0.2, 0.25) is 0 Å². The van der Waals surface area contributed by atoms with Crippen molar-refractivity contribution < 1.29 is 0 Å². The van der Waals surface area contributed by atoms with Crippen LogP contribution in [0.1, 0.15) is 5.56 Å². The Hall–Kier alpha value is -3.21. The van der Waals surface area contributed by atoms with Crippen molar-refractivity contribution in [1.82, 2.24) is 9.55 Å². The molecule has 0 aliphatic carbocycles. The Labute approximate surface area is 189 Å². The lowest BCUT2D eigenvalue weighted by atomic mass is 10.1. The van der Waals surface area contributed by atoms with E-state index in [9.17, 15) is 0 Å². The zero-order valence-corrected chi connectivity index (χ0v) is 18.9. The summed E-state index contributed by atoms with van der Waals surface area (Å²) in [6, 6.07) is 30.4. The Kier molecular flexibility index (Phi) is 4.30. The third kappa shape index (κ3) is 3.02. The average molecular weight is 437 g/mol. The Balaban J connectivity index is 1.50. The maximum atomic E-state index is 4.89. The van der Waals surface area contributed by atoms with E-state index < -0.39 is 0 Å². The Bertz CT molecular complexity index is 1550. The van der Waals surface area contributed by atoms with Crippen molar-refractivity contribution in [3.63, 3.8) is 0 Å². The maximum Gasteiger partial charge on any atom is 0.150 e. The molecule has 3 aromatic heterocycles. The molecule has 4 heteroatoms. The van der Waals surface area contributed by atoms with Crippen LogP contribution in [0.4, 0.5) is 0 Å². The van der Waals surface area contributed by atoms with Crippen molar-refractivity contribution in [2.24, 2.45) is 7.05 Å². The number of benzene rings is 3. The number of rotatable bonds is 3. The Morgan fingerprint density at radius 3 is 2.13 bits per heavy atom. The summed E-state index contributed by atoms with van der Waals surface area (Å²) >= 11 is 3.71. The van der Waals surface area contributed by atoms with Crippen LogP contribution in [0, 0.1) is 6.92 Å². The van der Waals surface area contributed by atoms with Gasteiger partial charge in [-0.2, -0.15) is 0 Å². The zero-order chi connectivity index (χ0) is 20.9. The Morgan fingerprint density at radius 1 is 0.677 bits per heavy atom. The summed E-state index contributed by atoms with van der Waals surface area (Å²) in [6.07, 6.45) is 0. The minimum atomic E-state index is 1.03. The van der Waals surface area contributed by atoms with E-state index in [1.807, 2.05) is 28.7 Å². The molecule has 150 valence electrons. The molecule has 2 nitrogen and oxygen atoms in total. The first kappa shape index (κ1) is 18.6. The highest BCUT2D eigenvalue weighted by Gasteiger charge is 2.17. The molecule has 3 aromatic carbocycles. The van der Waals surface area contributed by atoms with Gasteiger partial charge in [-0.05, 0) is 36.8 Å². The van der Waals surface area contributed by atoms with Gasteiger partial charge in [-0.25, -0.2) is 4.98 Å². The molecule has 0 saturated carbocycles. The van der Waals surface area contributed by atoms with Gasteiger partial charge in [0.15, 0.2) is 5.82 Å². The first-order chi connectivity index (χ1) is 15.2. The van der Waals surface area contributed by atoms with E-state index in [1.54, 1.807) is 0 Å². The topological polar surface area (TPSA) is 17.8 Å². The van der Waals surface area contributed by atoms with Gasteiger partial charge >= 0.3 is 0 Å². The molecular formula is C27H20N2S2. The summed E-state index contributed by atoms with van der Waals surface area (Å²) in [5.74, 6) is 1.03. The number of nitrogens with zero attached hydrogens (tertiary/aromatic N) is 2. The largest absolute Gasteiger partial charge is 0.326 e. The number of hydrogen-bond acceptors (Lipinski definition) is 3. The summed E-state index contributed by atoms with van der Waals surface area (Å²) < 4.78 is 2.19. The predicted molar refractivity (Wildman–Crippen MR) is 135 cm³/mol. The average Bonchev–Trinajstić information content (AvgIpc) is 3.50. The first-order valence-electron chi connectivity index (χ1n) is 10.3. The molecular weight excluding hydrogens is 416 g/mol. The minimum Gasteiger partial charge on any atom is -0.326 e. The molecule has 0 N–H and O–H groups in total. The molecule has 0 radical (unpaired) electrons. The molecule has 6 rings (SSSR count). The fourth-order valence-corrected chi connectivity index (χ4v) is 6.58. The quantitative estimate of drug-likeness (QED) is 0.274. The number of aromatic nitrogens is 2. The smallest absolute Gasteiger partial charge is 0.150 e. The first-order valence-corrected chi connectivity index (χ1v) is 11.9. The molecule has 0 aliphatic rings. The minimum absolute atomic E-state index is 1.03. The predicted octanol–water partition coefficient (Wildman–Crippen LogP) is 8.16. The van der Waals surface area contributed by atoms with E-state index in [1.165, 1.54) is 41.4 Å². The van der Waals surface area contributed by atoms with Gasteiger partial charge in [0, 0.05) is 27.6 Å². The van der Waals surface area contributed by atoms with Crippen molar-refractivity contribution in [3.8, 4) is 30.9 Å². The lowest BCUT2D eigenvalue weighted by Gasteiger charge is -1.99. The van der Waals surface area contributed by atoms with Gasteiger partial charge in [0.2, 0.25) is 0 Å². The summed E-state index contributed by atoms with van der Waals surface area (Å²) in [4.78, 5) is 10.1. The number of para-hydroxylation sites is 2. The number of aryl methyl sites for hydroxylation is 2. The van der Waals surface area contributed by atoms with Gasteiger partial charge in [0.25, 0.3) is 0 Å². The molecule has 31 heavy (non-hydrogen) atoms. The number of thiophene rings is 2. The molecule has 3 heterocycles. The van der Waals surface area contributed by atoms with Crippen LogP contribution in [-0.4, -0.2) is 9.55 Å². The lowest BCUT2D eigenvalue weighted by Crippen LogP contribution is -1.89. The van der Waals surface area contributed by atoms with Crippen LogP contribution in [0.25, 0.3) is 52.7 Å². The normalized spacial score (nSPS) is 11.5. The molecule has 6 aromatic rings. The molecule has 0 spiro atoms. The van der Waals surface area contributed by atoms with Gasteiger partial charge in [0.05, 0.1) is 20.8 Å². The third-order valence-electron chi connectivity index (χ3n) is 5.77. The van der Waals surface area contributed by atoms with Gasteiger partial charge in [-0.15, -0.1) is 22.7 Å². The van der Waals surface area contributed by atoms with Crippen LogP contribution in [0.3, 0.4) is 0 Å². The fraction of sp³-hybridized carbons (Fsp3) is 0.0741. The summed E-state index contributed by atoms with van der Waals surface area (Å²) in [5.41, 5.74) is 4.77. The van der Waals surface area contributed by atoms with Gasteiger partial charge in [0.1, 0.15) is 0 Å². The monoisotopic (exact) mass is 436 g/mol. The van der Waals surface area contributed by atoms with Crippen molar-refractivity contribution in [2.45, 2.75) is 6.92 Å². The fourth-order valence-electron chi connectivity index (χ4n) is 4.14. The third-order valence-corrected chi connectivity index (χ3v) is 8.30. The highest BCUT2D eigenvalue weighted by atomic mass is 32.1. The second-order valence-corrected chi connectivity index (χ2v) is 9.92. The van der Waals surface area contributed by atoms with Crippen LogP contribution < -0.4 is 0 Å². The number of imidazole rings is 1. The molecule has 0 atom stereocenters. The Morgan fingerprint density at radius 2 is 1.35 bits per heavy atom. The maximum absolute atomic E-state index is 4.89. The lowest BCUT2D eigenvalue weighted by molar-refractivity contribution is 0.963. The van der Waals surface area contributed by atoms with Crippen molar-refractivity contribution >= 4 is 44.5 Å². The van der Waals surface area contributed by atoms with Gasteiger partial charge in [-0.3, -0.25) is 0 Å². The van der Waals surface area contributed by atoms with E-state index in [-0.39, 0.29) is 0 Å². The zero-order valence-electron chi connectivity index (χ0n) is 17.3. The van der Waals surface area contributed by atoms with Crippen molar-refractivity contribution in [3.05, 3.63) is 90.5 Å². The second kappa shape index (κ2) is 7.19. The van der Waals surface area contributed by atoms with Crippen LogP contribution in [0.15, 0.2) is 84.9 Å².